The van der Waals surface area contributed by atoms with Gasteiger partial charge in [0.1, 0.15) is 5.84 Å². The molecule has 4 heteroatoms. The number of hydrogen-bond acceptors (Lipinski definition) is 3. The van der Waals surface area contributed by atoms with E-state index >= 15 is 0 Å². The molecule has 0 bridgehead atoms. The number of aryl methyl sites for hydroxylation is 1. The number of rotatable bonds is 5. The Morgan fingerprint density at radius 1 is 0.889 bits per heavy atom. The van der Waals surface area contributed by atoms with E-state index in [1.165, 1.54) is 24.9 Å². The molecular weight excluding hydrogens is 332 g/mol. The van der Waals surface area contributed by atoms with Crippen molar-refractivity contribution < 1.29 is 0 Å². The van der Waals surface area contributed by atoms with Gasteiger partial charge in [0.2, 0.25) is 0 Å². The highest BCUT2D eigenvalue weighted by atomic mass is 15.3. The molecule has 0 aromatic heterocycles. The maximum Gasteiger partial charge on any atom is 0.128 e. The number of hydrogen-bond donors (Lipinski definition) is 2. The summed E-state index contributed by atoms with van der Waals surface area (Å²) >= 11 is 0. The molecule has 2 aromatic rings. The average molecular weight is 361 g/mol. The lowest BCUT2D eigenvalue weighted by molar-refractivity contribution is 0.176. The fourth-order valence-electron chi connectivity index (χ4n) is 3.77. The Hall–Kier alpha value is -2.46. The molecule has 2 fully saturated rings. The lowest BCUT2D eigenvalue weighted by Gasteiger charge is -2.36. The molecule has 2 N–H and O–H groups in total. The van der Waals surface area contributed by atoms with Crippen LogP contribution < -0.4 is 0 Å². The fraction of sp³-hybridized carbons (Fsp3) is 0.391. The smallest absolute Gasteiger partial charge is 0.128 e. The van der Waals surface area contributed by atoms with Crippen LogP contribution in [0.2, 0.25) is 0 Å². The molecule has 0 radical (unpaired) electrons. The number of nitrogens with one attached hydrogen (secondary N) is 2. The highest BCUT2D eigenvalue weighted by molar-refractivity contribution is 6.17. The second-order valence-electron chi connectivity index (χ2n) is 7.87. The van der Waals surface area contributed by atoms with Crippen LogP contribution in [0.4, 0.5) is 0 Å². The first-order valence-electron chi connectivity index (χ1n) is 9.93. The normalized spacial score (nSPS) is 17.7. The summed E-state index contributed by atoms with van der Waals surface area (Å²) in [6.45, 7) is 7.16. The highest BCUT2D eigenvalue weighted by Gasteiger charge is 2.27. The topological polar surface area (TPSA) is 54.2 Å². The van der Waals surface area contributed by atoms with Crippen LogP contribution in [-0.4, -0.2) is 54.1 Å². The van der Waals surface area contributed by atoms with Crippen molar-refractivity contribution in [3.05, 3.63) is 70.8 Å². The Bertz CT molecular complexity index is 828. The van der Waals surface area contributed by atoms with E-state index in [9.17, 15) is 0 Å². The van der Waals surface area contributed by atoms with E-state index in [0.29, 0.717) is 11.5 Å². The molecular formula is C23H28N4. The monoisotopic (exact) mass is 360 g/mol. The van der Waals surface area contributed by atoms with Gasteiger partial charge < -0.3 is 4.90 Å². The molecule has 4 nitrogen and oxygen atoms in total. The van der Waals surface area contributed by atoms with Gasteiger partial charge in [-0.2, -0.15) is 0 Å². The van der Waals surface area contributed by atoms with Crippen LogP contribution in [0.5, 0.6) is 0 Å². The summed E-state index contributed by atoms with van der Waals surface area (Å²) in [6.07, 6.45) is 2.79. The van der Waals surface area contributed by atoms with E-state index in [4.69, 9.17) is 10.8 Å². The van der Waals surface area contributed by atoms with E-state index in [0.717, 1.165) is 48.8 Å². The zero-order valence-electron chi connectivity index (χ0n) is 16.0. The summed E-state index contributed by atoms with van der Waals surface area (Å²) in [6, 6.07) is 15.9. The number of benzene rings is 2. The van der Waals surface area contributed by atoms with Crippen molar-refractivity contribution >= 4 is 11.5 Å². The molecule has 4 rings (SSSR count). The fourth-order valence-corrected chi connectivity index (χ4v) is 3.77. The molecule has 0 spiro atoms. The van der Waals surface area contributed by atoms with Crippen molar-refractivity contribution in [2.24, 2.45) is 5.92 Å². The second-order valence-corrected chi connectivity index (χ2v) is 7.87. The zero-order chi connectivity index (χ0) is 18.8. The quantitative estimate of drug-likeness (QED) is 0.630. The zero-order valence-corrected chi connectivity index (χ0v) is 16.0. The molecule has 2 aliphatic rings. The Labute approximate surface area is 161 Å². The third kappa shape index (κ3) is 4.11. The van der Waals surface area contributed by atoms with E-state index < -0.39 is 0 Å². The van der Waals surface area contributed by atoms with Gasteiger partial charge in [0, 0.05) is 49.4 Å². The molecule has 0 atom stereocenters. The number of amidine groups is 1. The van der Waals surface area contributed by atoms with Gasteiger partial charge in [-0.1, -0.05) is 54.1 Å². The molecule has 1 saturated carbocycles. The van der Waals surface area contributed by atoms with Crippen molar-refractivity contribution in [2.45, 2.75) is 19.8 Å². The van der Waals surface area contributed by atoms with E-state index in [1.54, 1.807) is 0 Å². The molecule has 0 unspecified atom stereocenters. The maximum absolute atomic E-state index is 8.79. The Kier molecular flexibility index (Phi) is 5.08. The molecule has 1 aliphatic carbocycles. The van der Waals surface area contributed by atoms with E-state index in [1.807, 2.05) is 48.5 Å². The second kappa shape index (κ2) is 7.65. The predicted octanol–water partition coefficient (Wildman–Crippen LogP) is 3.76. The lowest BCUT2D eigenvalue weighted by Crippen LogP contribution is -2.49. The van der Waals surface area contributed by atoms with Crippen LogP contribution in [0.3, 0.4) is 0 Å². The van der Waals surface area contributed by atoms with Crippen molar-refractivity contribution in [2.75, 3.05) is 32.7 Å². The van der Waals surface area contributed by atoms with Crippen LogP contribution in [0.1, 0.15) is 35.1 Å². The van der Waals surface area contributed by atoms with Crippen LogP contribution >= 0.6 is 0 Å². The van der Waals surface area contributed by atoms with Gasteiger partial charge in [-0.25, -0.2) is 0 Å². The highest BCUT2D eigenvalue weighted by Crippen LogP contribution is 2.30. The summed E-state index contributed by atoms with van der Waals surface area (Å²) in [7, 11) is 0. The standard InChI is InChI=1S/C23H28N4/c1-17-6-10-19(11-7-17)22(24)20-4-2-3-5-21(20)23(25)27-14-12-26(13-15-27)16-18-8-9-18/h2-7,10-11,18,24-25H,8-9,12-16H2,1H3. The van der Waals surface area contributed by atoms with Crippen molar-refractivity contribution in [3.63, 3.8) is 0 Å². The van der Waals surface area contributed by atoms with Crippen LogP contribution in [0, 0.1) is 23.7 Å². The third-order valence-electron chi connectivity index (χ3n) is 5.69. The summed E-state index contributed by atoms with van der Waals surface area (Å²) in [4.78, 5) is 4.71. The predicted molar refractivity (Wildman–Crippen MR) is 111 cm³/mol. The summed E-state index contributed by atoms with van der Waals surface area (Å²) in [5.74, 6) is 1.47. The van der Waals surface area contributed by atoms with E-state index in [2.05, 4.69) is 16.7 Å². The first kappa shape index (κ1) is 17.9. The first-order chi connectivity index (χ1) is 13.1. The maximum atomic E-state index is 8.79. The SMILES string of the molecule is Cc1ccc(C(=N)c2ccccc2C(=N)N2CCN(CC3CC3)CC2)cc1. The summed E-state index contributed by atoms with van der Waals surface area (Å²) in [5, 5.41) is 17.5. The Morgan fingerprint density at radius 2 is 1.52 bits per heavy atom. The minimum Gasteiger partial charge on any atom is -0.354 e. The van der Waals surface area contributed by atoms with Gasteiger partial charge in [-0.3, -0.25) is 15.7 Å². The van der Waals surface area contributed by atoms with Crippen molar-refractivity contribution in [1.82, 2.24) is 9.80 Å². The van der Waals surface area contributed by atoms with Crippen LogP contribution in [0.15, 0.2) is 48.5 Å². The largest absolute Gasteiger partial charge is 0.354 e. The van der Waals surface area contributed by atoms with Gasteiger partial charge >= 0.3 is 0 Å². The van der Waals surface area contributed by atoms with Gasteiger partial charge in [-0.15, -0.1) is 0 Å². The van der Waals surface area contributed by atoms with Gasteiger partial charge in [0.15, 0.2) is 0 Å². The third-order valence-corrected chi connectivity index (χ3v) is 5.69. The molecule has 1 saturated heterocycles. The minimum atomic E-state index is 0.489. The molecule has 27 heavy (non-hydrogen) atoms. The molecule has 1 heterocycles. The summed E-state index contributed by atoms with van der Waals surface area (Å²) < 4.78 is 0. The first-order valence-corrected chi connectivity index (χ1v) is 9.93. The van der Waals surface area contributed by atoms with Gasteiger partial charge in [0.05, 0.1) is 5.71 Å². The van der Waals surface area contributed by atoms with E-state index in [-0.39, 0.29) is 0 Å². The molecule has 0 amide bonds. The van der Waals surface area contributed by atoms with Crippen molar-refractivity contribution in [1.29, 1.82) is 10.8 Å². The Balaban J connectivity index is 1.49. The van der Waals surface area contributed by atoms with Gasteiger partial charge in [0.25, 0.3) is 0 Å². The Morgan fingerprint density at radius 3 is 2.15 bits per heavy atom. The number of piperazine rings is 1. The van der Waals surface area contributed by atoms with Crippen LogP contribution in [0.25, 0.3) is 0 Å². The van der Waals surface area contributed by atoms with Crippen LogP contribution in [-0.2, 0) is 0 Å². The minimum absolute atomic E-state index is 0.489. The van der Waals surface area contributed by atoms with Gasteiger partial charge in [-0.05, 0) is 25.7 Å². The summed E-state index contributed by atoms with van der Waals surface area (Å²) in [5.41, 5.74) is 4.28. The molecule has 1 aliphatic heterocycles. The molecule has 2 aromatic carbocycles. The lowest BCUT2D eigenvalue weighted by atomic mass is 9.96. The average Bonchev–Trinajstić information content (AvgIpc) is 3.52. The molecule has 140 valence electrons. The number of nitrogens with zero attached hydrogens (tertiary/aromatic N) is 2. The van der Waals surface area contributed by atoms with Crippen molar-refractivity contribution in [3.8, 4) is 0 Å².